The molecule has 0 unspecified atom stereocenters. The third kappa shape index (κ3) is 2.58. The highest BCUT2D eigenvalue weighted by molar-refractivity contribution is 5.96. The summed E-state index contributed by atoms with van der Waals surface area (Å²) in [5, 5.41) is 12.8. The first-order valence-corrected chi connectivity index (χ1v) is 8.25. The Labute approximate surface area is 145 Å². The molecule has 3 aromatic rings. The maximum absolute atomic E-state index is 13.1. The van der Waals surface area contributed by atoms with Crippen molar-refractivity contribution in [2.45, 2.75) is 19.3 Å². The number of benzene rings is 2. The van der Waals surface area contributed by atoms with Gasteiger partial charge in [-0.05, 0) is 42.2 Å². The molecule has 3 N–H and O–H groups in total. The summed E-state index contributed by atoms with van der Waals surface area (Å²) in [5.74, 6) is 0.435. The third-order valence-corrected chi connectivity index (χ3v) is 5.02. The van der Waals surface area contributed by atoms with Crippen LogP contribution in [0.4, 0.5) is 5.95 Å². The number of hydrogen-bond acceptors (Lipinski definition) is 3. The van der Waals surface area contributed by atoms with Crippen LogP contribution < -0.4 is 5.32 Å². The summed E-state index contributed by atoms with van der Waals surface area (Å²) in [6, 6.07) is 15.3. The summed E-state index contributed by atoms with van der Waals surface area (Å²) < 4.78 is 0. The fraction of sp³-hybridized carbons (Fsp3) is 0.200. The van der Waals surface area contributed by atoms with Crippen molar-refractivity contribution < 1.29 is 9.90 Å². The van der Waals surface area contributed by atoms with Crippen LogP contribution in [0.3, 0.4) is 0 Å². The van der Waals surface area contributed by atoms with Gasteiger partial charge in [0.05, 0.1) is 5.41 Å². The molecule has 1 aliphatic rings. The van der Waals surface area contributed by atoms with E-state index in [9.17, 15) is 9.90 Å². The van der Waals surface area contributed by atoms with Gasteiger partial charge in [0.15, 0.2) is 0 Å². The minimum atomic E-state index is -0.676. The highest BCUT2D eigenvalue weighted by Gasteiger charge is 2.49. The number of fused-ring (bicyclic) bond motifs is 1. The third-order valence-electron chi connectivity index (χ3n) is 5.02. The molecule has 0 radical (unpaired) electrons. The number of imidazole rings is 1. The molecule has 4 rings (SSSR count). The van der Waals surface area contributed by atoms with Gasteiger partial charge < -0.3 is 10.1 Å². The molecule has 0 bridgehead atoms. The first kappa shape index (κ1) is 15.4. The quantitative estimate of drug-likeness (QED) is 0.687. The Morgan fingerprint density at radius 3 is 2.80 bits per heavy atom. The number of amides is 1. The Kier molecular flexibility index (Phi) is 3.57. The Morgan fingerprint density at radius 2 is 2.08 bits per heavy atom. The maximum atomic E-state index is 13.1. The number of hydrogen-bond donors (Lipinski definition) is 3. The molecule has 1 amide bonds. The lowest BCUT2D eigenvalue weighted by Crippen LogP contribution is -2.38. The van der Waals surface area contributed by atoms with Crippen molar-refractivity contribution in [1.82, 2.24) is 9.97 Å². The number of phenols is 1. The molecule has 25 heavy (non-hydrogen) atoms. The van der Waals surface area contributed by atoms with Gasteiger partial charge >= 0.3 is 0 Å². The molecule has 0 aliphatic heterocycles. The minimum Gasteiger partial charge on any atom is -0.508 e. The number of aromatic amines is 1. The number of aromatic hydroxyl groups is 1. The van der Waals surface area contributed by atoms with E-state index in [0.717, 1.165) is 16.7 Å². The second-order valence-electron chi connectivity index (χ2n) is 6.71. The van der Waals surface area contributed by atoms with Gasteiger partial charge in [-0.25, -0.2) is 4.98 Å². The molecule has 0 fully saturated rings. The number of aromatic nitrogens is 2. The molecule has 2 aromatic carbocycles. The van der Waals surface area contributed by atoms with E-state index in [1.165, 1.54) is 0 Å². The van der Waals surface area contributed by atoms with Gasteiger partial charge in [-0.15, -0.1) is 0 Å². The number of rotatable bonds is 3. The predicted molar refractivity (Wildman–Crippen MR) is 95.4 cm³/mol. The average Bonchev–Trinajstić information content (AvgIpc) is 3.21. The number of nitrogens with one attached hydrogen (secondary N) is 2. The second kappa shape index (κ2) is 5.77. The lowest BCUT2D eigenvalue weighted by Gasteiger charge is -2.30. The van der Waals surface area contributed by atoms with Gasteiger partial charge in [-0.1, -0.05) is 36.4 Å². The number of carbonyl (C=O) groups excluding carboxylic acids is 1. The maximum Gasteiger partial charge on any atom is 0.233 e. The van der Waals surface area contributed by atoms with E-state index in [-0.39, 0.29) is 17.6 Å². The lowest BCUT2D eigenvalue weighted by molar-refractivity contribution is -0.125. The SMILES string of the molecule is C[C@@]1(C(=O)Nc2ncc[nH]2)Cc2ccc(O)cc2[C@@H]1c1ccccc1. The Bertz CT molecular complexity index is 906. The predicted octanol–water partition coefficient (Wildman–Crippen LogP) is 3.45. The summed E-state index contributed by atoms with van der Waals surface area (Å²) in [7, 11) is 0. The van der Waals surface area contributed by atoms with E-state index in [4.69, 9.17) is 0 Å². The Hall–Kier alpha value is -3.08. The Balaban J connectivity index is 1.79. The molecule has 5 nitrogen and oxygen atoms in total. The van der Waals surface area contributed by atoms with Crippen molar-refractivity contribution >= 4 is 11.9 Å². The van der Waals surface area contributed by atoms with Crippen LogP contribution in [0.5, 0.6) is 5.75 Å². The van der Waals surface area contributed by atoms with Gasteiger partial charge in [-0.3, -0.25) is 10.1 Å². The van der Waals surface area contributed by atoms with Crippen molar-refractivity contribution in [2.75, 3.05) is 5.32 Å². The lowest BCUT2D eigenvalue weighted by atomic mass is 9.73. The van der Waals surface area contributed by atoms with Gasteiger partial charge in [0.1, 0.15) is 5.75 Å². The average molecular weight is 333 g/mol. The van der Waals surface area contributed by atoms with Crippen LogP contribution in [0.1, 0.15) is 29.5 Å². The highest BCUT2D eigenvalue weighted by Crippen LogP contribution is 2.51. The number of nitrogens with zero attached hydrogens (tertiary/aromatic N) is 1. The molecule has 1 aromatic heterocycles. The molecule has 1 aliphatic carbocycles. The molecule has 0 saturated heterocycles. The van der Waals surface area contributed by atoms with Crippen LogP contribution >= 0.6 is 0 Å². The van der Waals surface area contributed by atoms with Crippen LogP contribution in [0.25, 0.3) is 0 Å². The van der Waals surface area contributed by atoms with Crippen molar-refractivity contribution in [3.8, 4) is 5.75 Å². The smallest absolute Gasteiger partial charge is 0.233 e. The summed E-state index contributed by atoms with van der Waals surface area (Å²) in [6.07, 6.45) is 3.89. The van der Waals surface area contributed by atoms with E-state index >= 15 is 0 Å². The summed E-state index contributed by atoms with van der Waals surface area (Å²) in [4.78, 5) is 20.1. The first-order chi connectivity index (χ1) is 12.1. The van der Waals surface area contributed by atoms with E-state index < -0.39 is 5.41 Å². The van der Waals surface area contributed by atoms with Crippen molar-refractivity contribution in [2.24, 2.45) is 5.41 Å². The van der Waals surface area contributed by atoms with E-state index in [1.54, 1.807) is 24.5 Å². The van der Waals surface area contributed by atoms with Crippen molar-refractivity contribution in [1.29, 1.82) is 0 Å². The fourth-order valence-corrected chi connectivity index (χ4v) is 3.84. The van der Waals surface area contributed by atoms with E-state index in [0.29, 0.717) is 12.4 Å². The molecular weight excluding hydrogens is 314 g/mol. The number of phenolic OH excluding ortho intramolecular Hbond substituents is 1. The second-order valence-corrected chi connectivity index (χ2v) is 6.71. The van der Waals surface area contributed by atoms with E-state index in [2.05, 4.69) is 15.3 Å². The highest BCUT2D eigenvalue weighted by atomic mass is 16.3. The van der Waals surface area contributed by atoms with Crippen molar-refractivity contribution in [3.63, 3.8) is 0 Å². The number of H-pyrrole nitrogens is 1. The van der Waals surface area contributed by atoms with Crippen LogP contribution in [-0.4, -0.2) is 21.0 Å². The molecule has 5 heteroatoms. The van der Waals surface area contributed by atoms with Crippen LogP contribution in [-0.2, 0) is 11.2 Å². The van der Waals surface area contributed by atoms with Gasteiger partial charge in [0, 0.05) is 18.3 Å². The largest absolute Gasteiger partial charge is 0.508 e. The van der Waals surface area contributed by atoms with Crippen LogP contribution in [0.2, 0.25) is 0 Å². The summed E-state index contributed by atoms with van der Waals surface area (Å²) in [6.45, 7) is 1.97. The standard InChI is InChI=1S/C20H19N3O2/c1-20(18(25)23-19-21-9-10-22-19)12-14-7-8-15(24)11-16(14)17(20)13-5-3-2-4-6-13/h2-11,17,24H,12H2,1H3,(H2,21,22,23,25)/t17-,20+/m0/s1. The monoisotopic (exact) mass is 333 g/mol. The molecule has 0 saturated carbocycles. The minimum absolute atomic E-state index is 0.0907. The zero-order chi connectivity index (χ0) is 17.4. The zero-order valence-electron chi connectivity index (χ0n) is 13.9. The summed E-state index contributed by atoms with van der Waals surface area (Å²) >= 11 is 0. The molecular formula is C20H19N3O2. The number of anilines is 1. The normalized spacial score (nSPS) is 21.7. The molecule has 0 spiro atoms. The summed E-state index contributed by atoms with van der Waals surface area (Å²) in [5.41, 5.74) is 2.47. The van der Waals surface area contributed by atoms with Crippen LogP contribution in [0, 0.1) is 5.41 Å². The molecule has 1 heterocycles. The first-order valence-electron chi connectivity index (χ1n) is 8.25. The van der Waals surface area contributed by atoms with Gasteiger partial charge in [0.25, 0.3) is 0 Å². The topological polar surface area (TPSA) is 78.0 Å². The van der Waals surface area contributed by atoms with Gasteiger partial charge in [0.2, 0.25) is 11.9 Å². The number of carbonyl (C=O) groups is 1. The molecule has 126 valence electrons. The van der Waals surface area contributed by atoms with Crippen molar-refractivity contribution in [3.05, 3.63) is 77.6 Å². The Morgan fingerprint density at radius 1 is 1.28 bits per heavy atom. The zero-order valence-corrected chi connectivity index (χ0v) is 13.9. The van der Waals surface area contributed by atoms with Crippen LogP contribution in [0.15, 0.2) is 60.9 Å². The molecule has 2 atom stereocenters. The van der Waals surface area contributed by atoms with Gasteiger partial charge in [-0.2, -0.15) is 0 Å². The van der Waals surface area contributed by atoms with E-state index in [1.807, 2.05) is 43.3 Å². The fourth-order valence-electron chi connectivity index (χ4n) is 3.84.